The normalized spacial score (nSPS) is 10.4. The quantitative estimate of drug-likeness (QED) is 0.773. The summed E-state index contributed by atoms with van der Waals surface area (Å²) in [6.07, 6.45) is 1.72. The predicted molar refractivity (Wildman–Crippen MR) is 68.9 cm³/mol. The Kier molecular flexibility index (Phi) is 3.80. The summed E-state index contributed by atoms with van der Waals surface area (Å²) >= 11 is 7.63. The third-order valence-corrected chi connectivity index (χ3v) is 3.20. The number of thioether (sulfide) groups is 1. The number of benzene rings is 1. The van der Waals surface area contributed by atoms with Crippen molar-refractivity contribution < 1.29 is 0 Å². The molecule has 0 aliphatic rings. The Hall–Kier alpha value is -1.06. The number of rotatable bonds is 3. The maximum atomic E-state index is 5.80. The highest BCUT2D eigenvalue weighted by Gasteiger charge is 2.00. The molecule has 0 N–H and O–H groups in total. The first kappa shape index (κ1) is 11.4. The lowest BCUT2D eigenvalue weighted by atomic mass is 10.1. The molecule has 0 radical (unpaired) electrons. The van der Waals surface area contributed by atoms with Crippen LogP contribution >= 0.6 is 23.4 Å². The summed E-state index contributed by atoms with van der Waals surface area (Å²) in [5.41, 5.74) is 2.10. The first-order chi connectivity index (χ1) is 7.79. The van der Waals surface area contributed by atoms with E-state index in [1.165, 1.54) is 4.90 Å². The minimum Gasteiger partial charge on any atom is -0.157 e. The minimum atomic E-state index is 0.421. The fourth-order valence-corrected chi connectivity index (χ4v) is 2.23. The van der Waals surface area contributed by atoms with Crippen LogP contribution in [0.5, 0.6) is 0 Å². The zero-order chi connectivity index (χ0) is 11.4. The van der Waals surface area contributed by atoms with E-state index >= 15 is 0 Å². The summed E-state index contributed by atoms with van der Waals surface area (Å²) < 4.78 is 0. The van der Waals surface area contributed by atoms with E-state index in [9.17, 15) is 0 Å². The number of hydrogen-bond donors (Lipinski definition) is 0. The Morgan fingerprint density at radius 3 is 2.56 bits per heavy atom. The van der Waals surface area contributed by atoms with Crippen LogP contribution in [0.15, 0.2) is 41.4 Å². The van der Waals surface area contributed by atoms with Crippen molar-refractivity contribution in [1.82, 2.24) is 10.2 Å². The second-order valence-electron chi connectivity index (χ2n) is 3.22. The van der Waals surface area contributed by atoms with Gasteiger partial charge in [0.25, 0.3) is 0 Å². The van der Waals surface area contributed by atoms with Crippen LogP contribution in [0.2, 0.25) is 5.15 Å². The lowest BCUT2D eigenvalue weighted by molar-refractivity contribution is 1.03. The van der Waals surface area contributed by atoms with E-state index in [0.29, 0.717) is 5.15 Å². The van der Waals surface area contributed by atoms with E-state index in [0.717, 1.165) is 16.9 Å². The molecule has 0 saturated carbocycles. The van der Waals surface area contributed by atoms with Crippen LogP contribution in [0.25, 0.3) is 11.1 Å². The van der Waals surface area contributed by atoms with Crippen molar-refractivity contribution in [1.29, 1.82) is 0 Å². The van der Waals surface area contributed by atoms with Gasteiger partial charge in [0.05, 0.1) is 6.20 Å². The smallest absolute Gasteiger partial charge is 0.152 e. The molecule has 0 atom stereocenters. The van der Waals surface area contributed by atoms with Crippen molar-refractivity contribution in [3.8, 4) is 11.1 Å². The summed E-state index contributed by atoms with van der Waals surface area (Å²) in [6.45, 7) is 2.14. The van der Waals surface area contributed by atoms with Crippen LogP contribution in [-0.4, -0.2) is 16.0 Å². The summed E-state index contributed by atoms with van der Waals surface area (Å²) in [4.78, 5) is 1.28. The first-order valence-corrected chi connectivity index (χ1v) is 6.37. The van der Waals surface area contributed by atoms with Gasteiger partial charge in [-0.25, -0.2) is 0 Å². The molecule has 1 aromatic heterocycles. The van der Waals surface area contributed by atoms with E-state index < -0.39 is 0 Å². The Labute approximate surface area is 104 Å². The maximum Gasteiger partial charge on any atom is 0.152 e. The number of nitrogens with zero attached hydrogens (tertiary/aromatic N) is 2. The van der Waals surface area contributed by atoms with Crippen LogP contribution in [0.4, 0.5) is 0 Å². The zero-order valence-corrected chi connectivity index (χ0v) is 10.4. The van der Waals surface area contributed by atoms with Crippen molar-refractivity contribution in [3.63, 3.8) is 0 Å². The Bertz CT molecular complexity index is 471. The summed E-state index contributed by atoms with van der Waals surface area (Å²) in [5.74, 6) is 1.09. The molecule has 4 heteroatoms. The monoisotopic (exact) mass is 250 g/mol. The summed E-state index contributed by atoms with van der Waals surface area (Å²) in [7, 11) is 0. The van der Waals surface area contributed by atoms with Gasteiger partial charge in [0.1, 0.15) is 0 Å². The standard InChI is InChI=1S/C12H11ClN2S/c1-2-16-11-5-3-9(4-6-11)10-7-12(13)15-14-8-10/h3-8H,2H2,1H3. The fourth-order valence-electron chi connectivity index (χ4n) is 1.41. The fraction of sp³-hybridized carbons (Fsp3) is 0.167. The lowest BCUT2D eigenvalue weighted by Gasteiger charge is -2.02. The topological polar surface area (TPSA) is 25.8 Å². The third-order valence-electron chi connectivity index (χ3n) is 2.12. The molecule has 0 unspecified atom stereocenters. The van der Waals surface area contributed by atoms with Gasteiger partial charge in [0, 0.05) is 10.5 Å². The van der Waals surface area contributed by atoms with Crippen molar-refractivity contribution in [3.05, 3.63) is 41.7 Å². The highest BCUT2D eigenvalue weighted by molar-refractivity contribution is 7.99. The molecule has 82 valence electrons. The molecule has 0 fully saturated rings. The average molecular weight is 251 g/mol. The van der Waals surface area contributed by atoms with E-state index in [2.05, 4.69) is 41.4 Å². The van der Waals surface area contributed by atoms with Gasteiger partial charge in [-0.2, -0.15) is 5.10 Å². The van der Waals surface area contributed by atoms with E-state index in [4.69, 9.17) is 11.6 Å². The number of hydrogen-bond acceptors (Lipinski definition) is 3. The highest BCUT2D eigenvalue weighted by atomic mass is 35.5. The predicted octanol–water partition coefficient (Wildman–Crippen LogP) is 3.91. The molecule has 0 aliphatic carbocycles. The van der Waals surface area contributed by atoms with Gasteiger partial charge in [0.15, 0.2) is 5.15 Å². The van der Waals surface area contributed by atoms with Crippen LogP contribution in [0.3, 0.4) is 0 Å². The molecule has 16 heavy (non-hydrogen) atoms. The van der Waals surface area contributed by atoms with Gasteiger partial charge in [0.2, 0.25) is 0 Å². The van der Waals surface area contributed by atoms with Crippen molar-refractivity contribution >= 4 is 23.4 Å². The molecule has 0 amide bonds. The van der Waals surface area contributed by atoms with Crippen LogP contribution in [-0.2, 0) is 0 Å². The van der Waals surface area contributed by atoms with Crippen LogP contribution in [0.1, 0.15) is 6.92 Å². The second-order valence-corrected chi connectivity index (χ2v) is 4.95. The summed E-state index contributed by atoms with van der Waals surface area (Å²) in [5, 5.41) is 7.98. The molecule has 0 spiro atoms. The van der Waals surface area contributed by atoms with Gasteiger partial charge in [-0.1, -0.05) is 30.7 Å². The van der Waals surface area contributed by atoms with Gasteiger partial charge >= 0.3 is 0 Å². The molecular weight excluding hydrogens is 240 g/mol. The van der Waals surface area contributed by atoms with Crippen LogP contribution < -0.4 is 0 Å². The van der Waals surface area contributed by atoms with Gasteiger partial charge in [-0.15, -0.1) is 16.9 Å². The van der Waals surface area contributed by atoms with E-state index in [1.807, 2.05) is 17.8 Å². The van der Waals surface area contributed by atoms with E-state index in [-0.39, 0.29) is 0 Å². The zero-order valence-electron chi connectivity index (χ0n) is 8.85. The largest absolute Gasteiger partial charge is 0.157 e. The van der Waals surface area contributed by atoms with Crippen molar-refractivity contribution in [2.45, 2.75) is 11.8 Å². The van der Waals surface area contributed by atoms with Gasteiger partial charge in [-0.3, -0.25) is 0 Å². The molecule has 0 aliphatic heterocycles. The highest BCUT2D eigenvalue weighted by Crippen LogP contribution is 2.24. The van der Waals surface area contributed by atoms with E-state index in [1.54, 1.807) is 6.20 Å². The minimum absolute atomic E-state index is 0.421. The van der Waals surface area contributed by atoms with Crippen LogP contribution in [0, 0.1) is 0 Å². The molecule has 2 nitrogen and oxygen atoms in total. The first-order valence-electron chi connectivity index (χ1n) is 5.01. The maximum absolute atomic E-state index is 5.80. The molecule has 0 saturated heterocycles. The Morgan fingerprint density at radius 1 is 1.19 bits per heavy atom. The molecule has 1 heterocycles. The van der Waals surface area contributed by atoms with Crippen molar-refractivity contribution in [2.24, 2.45) is 0 Å². The lowest BCUT2D eigenvalue weighted by Crippen LogP contribution is -1.84. The molecule has 1 aromatic carbocycles. The number of aromatic nitrogens is 2. The molecule has 2 aromatic rings. The Morgan fingerprint density at radius 2 is 1.94 bits per heavy atom. The molecular formula is C12H11ClN2S. The van der Waals surface area contributed by atoms with Crippen molar-refractivity contribution in [2.75, 3.05) is 5.75 Å². The third kappa shape index (κ3) is 2.74. The second kappa shape index (κ2) is 5.32. The average Bonchev–Trinajstić information content (AvgIpc) is 2.30. The molecule has 0 bridgehead atoms. The number of halogens is 1. The van der Waals surface area contributed by atoms with Gasteiger partial charge in [-0.05, 0) is 29.5 Å². The summed E-state index contributed by atoms with van der Waals surface area (Å²) in [6, 6.07) is 10.2. The van der Waals surface area contributed by atoms with Gasteiger partial charge < -0.3 is 0 Å². The SMILES string of the molecule is CCSc1ccc(-c2cnnc(Cl)c2)cc1. The Balaban J connectivity index is 2.27. The molecule has 2 rings (SSSR count).